The maximum Gasteiger partial charge on any atom is 0.405 e. The van der Waals surface area contributed by atoms with Gasteiger partial charge in [0, 0.05) is 13.2 Å². The number of ether oxygens (including phenoxy) is 1. The minimum Gasteiger partial charge on any atom is -0.376 e. The Labute approximate surface area is 139 Å². The van der Waals surface area contributed by atoms with E-state index in [-0.39, 0.29) is 6.10 Å². The van der Waals surface area contributed by atoms with Crippen LogP contribution in [0, 0.1) is 0 Å². The van der Waals surface area contributed by atoms with Crippen molar-refractivity contribution in [3.8, 4) is 0 Å². The molecule has 0 aliphatic carbocycles. The van der Waals surface area contributed by atoms with Gasteiger partial charge in [0.2, 0.25) is 11.0 Å². The van der Waals surface area contributed by atoms with Gasteiger partial charge in [0.15, 0.2) is 4.34 Å². The van der Waals surface area contributed by atoms with Crippen molar-refractivity contribution < 1.29 is 22.7 Å². The van der Waals surface area contributed by atoms with E-state index in [4.69, 9.17) is 4.74 Å². The highest BCUT2D eigenvalue weighted by molar-refractivity contribution is 8.02. The van der Waals surface area contributed by atoms with Crippen molar-refractivity contribution in [2.75, 3.05) is 25.0 Å². The van der Waals surface area contributed by atoms with Crippen molar-refractivity contribution in [1.29, 1.82) is 0 Å². The number of nitrogens with one attached hydrogen (secondary N) is 2. The molecular weight excluding hydrogens is 353 g/mol. The molecule has 1 saturated heterocycles. The lowest BCUT2D eigenvalue weighted by molar-refractivity contribution is -0.137. The van der Waals surface area contributed by atoms with E-state index >= 15 is 0 Å². The number of anilines is 1. The molecule has 0 saturated carbocycles. The van der Waals surface area contributed by atoms with E-state index in [1.165, 1.54) is 18.3 Å². The molecule has 11 heteroatoms. The van der Waals surface area contributed by atoms with E-state index in [2.05, 4.69) is 15.5 Å². The largest absolute Gasteiger partial charge is 0.405 e. The number of amides is 1. The summed E-state index contributed by atoms with van der Waals surface area (Å²) in [5.74, 6) is -0.684. The minimum absolute atomic E-state index is 0.169. The van der Waals surface area contributed by atoms with Crippen LogP contribution in [-0.2, 0) is 9.53 Å². The van der Waals surface area contributed by atoms with Gasteiger partial charge in [-0.15, -0.1) is 10.2 Å². The van der Waals surface area contributed by atoms with Crippen molar-refractivity contribution in [3.05, 3.63) is 0 Å². The van der Waals surface area contributed by atoms with Gasteiger partial charge in [-0.05, 0) is 19.8 Å². The molecular formula is C12H17F3N4O2S2. The third-order valence-corrected chi connectivity index (χ3v) is 5.09. The highest BCUT2D eigenvalue weighted by atomic mass is 32.2. The molecule has 1 amide bonds. The van der Waals surface area contributed by atoms with Crippen LogP contribution >= 0.6 is 23.1 Å². The Kier molecular flexibility index (Phi) is 6.48. The van der Waals surface area contributed by atoms with E-state index < -0.39 is 23.9 Å². The predicted octanol–water partition coefficient (Wildman–Crippen LogP) is 2.29. The van der Waals surface area contributed by atoms with E-state index in [9.17, 15) is 18.0 Å². The number of thioether (sulfide) groups is 1. The molecule has 23 heavy (non-hydrogen) atoms. The number of carbonyl (C=O) groups excluding carboxylic acids is 1. The summed E-state index contributed by atoms with van der Waals surface area (Å²) in [5, 5.41) is 12.7. The Morgan fingerprint density at radius 1 is 1.52 bits per heavy atom. The predicted molar refractivity (Wildman–Crippen MR) is 81.8 cm³/mol. The molecule has 2 unspecified atom stereocenters. The highest BCUT2D eigenvalue weighted by Gasteiger charge is 2.29. The van der Waals surface area contributed by atoms with Gasteiger partial charge in [0.25, 0.3) is 0 Å². The Bertz CT molecular complexity index is 521. The second kappa shape index (κ2) is 8.15. The summed E-state index contributed by atoms with van der Waals surface area (Å²) in [6, 6.07) is 0. The summed E-state index contributed by atoms with van der Waals surface area (Å²) in [6.07, 6.45) is -2.19. The van der Waals surface area contributed by atoms with Crippen LogP contribution in [0.25, 0.3) is 0 Å². The van der Waals surface area contributed by atoms with Crippen molar-refractivity contribution in [2.45, 2.75) is 41.6 Å². The molecule has 1 aliphatic heterocycles. The monoisotopic (exact) mass is 370 g/mol. The van der Waals surface area contributed by atoms with Gasteiger partial charge in [-0.2, -0.15) is 13.2 Å². The maximum atomic E-state index is 12.1. The molecule has 0 bridgehead atoms. The molecule has 1 aliphatic rings. The Morgan fingerprint density at radius 2 is 2.30 bits per heavy atom. The van der Waals surface area contributed by atoms with E-state index in [0.29, 0.717) is 16.0 Å². The summed E-state index contributed by atoms with van der Waals surface area (Å²) >= 11 is 2.33. The number of aromatic nitrogens is 2. The fraction of sp³-hybridized carbons (Fsp3) is 0.750. The normalized spacial score (nSPS) is 19.6. The lowest BCUT2D eigenvalue weighted by Crippen LogP contribution is -2.37. The number of hydrogen-bond acceptors (Lipinski definition) is 7. The molecule has 0 aromatic carbocycles. The molecule has 6 nitrogen and oxygen atoms in total. The summed E-state index contributed by atoms with van der Waals surface area (Å²) in [6.45, 7) is 1.60. The fourth-order valence-corrected chi connectivity index (χ4v) is 3.80. The first-order valence-electron chi connectivity index (χ1n) is 7.03. The fourth-order valence-electron chi connectivity index (χ4n) is 1.87. The number of carbonyl (C=O) groups is 1. The van der Waals surface area contributed by atoms with Crippen LogP contribution < -0.4 is 10.6 Å². The van der Waals surface area contributed by atoms with Crippen LogP contribution in [0.1, 0.15) is 19.8 Å². The Hall–Kier alpha value is -1.07. The molecule has 2 heterocycles. The van der Waals surface area contributed by atoms with E-state index in [1.807, 2.05) is 5.32 Å². The van der Waals surface area contributed by atoms with Crippen LogP contribution in [0.2, 0.25) is 0 Å². The van der Waals surface area contributed by atoms with Crippen LogP contribution in [0.3, 0.4) is 0 Å². The number of hydrogen-bond donors (Lipinski definition) is 2. The van der Waals surface area contributed by atoms with Gasteiger partial charge in [-0.3, -0.25) is 4.79 Å². The second-order valence-electron chi connectivity index (χ2n) is 4.98. The van der Waals surface area contributed by atoms with Crippen LogP contribution in [0.5, 0.6) is 0 Å². The molecule has 0 radical (unpaired) electrons. The summed E-state index contributed by atoms with van der Waals surface area (Å²) in [5.41, 5.74) is 0. The molecule has 1 aromatic rings. The number of alkyl halides is 3. The van der Waals surface area contributed by atoms with E-state index in [1.54, 1.807) is 0 Å². The van der Waals surface area contributed by atoms with Crippen molar-refractivity contribution >= 4 is 34.1 Å². The lowest BCUT2D eigenvalue weighted by atomic mass is 10.2. The first kappa shape index (κ1) is 18.3. The third kappa shape index (κ3) is 6.51. The number of halogens is 3. The number of nitrogens with zero attached hydrogens (tertiary/aromatic N) is 2. The molecule has 2 N–H and O–H groups in total. The molecule has 1 aromatic heterocycles. The van der Waals surface area contributed by atoms with Crippen molar-refractivity contribution in [1.82, 2.24) is 15.5 Å². The van der Waals surface area contributed by atoms with Crippen LogP contribution in [0.4, 0.5) is 18.3 Å². The van der Waals surface area contributed by atoms with Gasteiger partial charge in [0.1, 0.15) is 6.54 Å². The molecule has 2 rings (SSSR count). The van der Waals surface area contributed by atoms with Gasteiger partial charge < -0.3 is 15.4 Å². The average molecular weight is 370 g/mol. The summed E-state index contributed by atoms with van der Waals surface area (Å²) < 4.78 is 42.2. The number of rotatable bonds is 7. The zero-order valence-electron chi connectivity index (χ0n) is 12.4. The van der Waals surface area contributed by atoms with Gasteiger partial charge in [-0.1, -0.05) is 23.1 Å². The average Bonchev–Trinajstić information content (AvgIpc) is 3.13. The van der Waals surface area contributed by atoms with Gasteiger partial charge in [0.05, 0.1) is 11.4 Å². The smallest absolute Gasteiger partial charge is 0.376 e. The minimum atomic E-state index is -4.41. The quantitative estimate of drug-likeness (QED) is 0.718. The Morgan fingerprint density at radius 3 is 2.96 bits per heavy atom. The third-order valence-electron chi connectivity index (χ3n) is 3.02. The first-order valence-corrected chi connectivity index (χ1v) is 8.73. The van der Waals surface area contributed by atoms with Gasteiger partial charge in [-0.25, -0.2) is 0 Å². The van der Waals surface area contributed by atoms with Crippen LogP contribution in [-0.4, -0.2) is 53.3 Å². The van der Waals surface area contributed by atoms with Crippen molar-refractivity contribution in [2.24, 2.45) is 0 Å². The van der Waals surface area contributed by atoms with Crippen molar-refractivity contribution in [3.63, 3.8) is 0 Å². The zero-order chi connectivity index (χ0) is 16.9. The maximum absolute atomic E-state index is 12.1. The standard InChI is InChI=1S/C12H17F3N4O2S2/c1-7(9(20)17-6-12(13,14)15)22-11-19-18-10(23-11)16-5-8-3-2-4-21-8/h7-8H,2-6H2,1H3,(H,16,18)(H,17,20). The lowest BCUT2D eigenvalue weighted by Gasteiger charge is -2.11. The summed E-state index contributed by atoms with van der Waals surface area (Å²) in [4.78, 5) is 11.6. The first-order chi connectivity index (χ1) is 10.8. The topological polar surface area (TPSA) is 76.1 Å². The van der Waals surface area contributed by atoms with Gasteiger partial charge >= 0.3 is 6.18 Å². The second-order valence-corrected chi connectivity index (χ2v) is 7.55. The summed E-state index contributed by atoms with van der Waals surface area (Å²) in [7, 11) is 0. The molecule has 2 atom stereocenters. The Balaban J connectivity index is 1.75. The molecule has 1 fully saturated rings. The molecule has 0 spiro atoms. The zero-order valence-corrected chi connectivity index (χ0v) is 14.0. The van der Waals surface area contributed by atoms with E-state index in [0.717, 1.165) is 31.2 Å². The highest BCUT2D eigenvalue weighted by Crippen LogP contribution is 2.29. The SMILES string of the molecule is CC(Sc1nnc(NCC2CCCO2)s1)C(=O)NCC(F)(F)F. The molecule has 130 valence electrons. The van der Waals surface area contributed by atoms with Crippen LogP contribution in [0.15, 0.2) is 4.34 Å².